The van der Waals surface area contributed by atoms with E-state index in [2.05, 4.69) is 9.47 Å². The van der Waals surface area contributed by atoms with Crippen LogP contribution in [0.25, 0.3) is 0 Å². The summed E-state index contributed by atoms with van der Waals surface area (Å²) in [4.78, 5) is 34.6. The van der Waals surface area contributed by atoms with Crippen LogP contribution in [0.3, 0.4) is 0 Å². The van der Waals surface area contributed by atoms with E-state index in [1.807, 2.05) is 0 Å². The van der Waals surface area contributed by atoms with Crippen LogP contribution in [0, 0.1) is 5.92 Å². The van der Waals surface area contributed by atoms with Crippen molar-refractivity contribution in [2.75, 3.05) is 20.8 Å². The molecule has 104 valence electrons. The van der Waals surface area contributed by atoms with E-state index in [1.165, 1.54) is 14.2 Å². The Morgan fingerprint density at radius 3 is 2.06 bits per heavy atom. The number of carbonyl (C=O) groups is 3. The lowest BCUT2D eigenvalue weighted by Crippen LogP contribution is -2.35. The second-order valence-electron chi connectivity index (χ2n) is 3.28. The van der Waals surface area contributed by atoms with Crippen LogP contribution in [0.1, 0.15) is 20.3 Å². The Bertz CT molecular complexity index is 304. The Kier molecular flexibility index (Phi) is 8.19. The van der Waals surface area contributed by atoms with Gasteiger partial charge in [0.25, 0.3) is 0 Å². The number of thioether (sulfide) groups is 1. The molecule has 18 heavy (non-hydrogen) atoms. The highest BCUT2D eigenvalue weighted by molar-refractivity contribution is 8.14. The van der Waals surface area contributed by atoms with Crippen molar-refractivity contribution in [3.05, 3.63) is 0 Å². The van der Waals surface area contributed by atoms with E-state index in [0.29, 0.717) is 18.2 Å². The van der Waals surface area contributed by atoms with Crippen LogP contribution in [-0.4, -0.2) is 43.3 Å². The summed E-state index contributed by atoms with van der Waals surface area (Å²) in [7, 11) is 2.44. The first-order valence-electron chi connectivity index (χ1n) is 5.50. The Labute approximate surface area is 110 Å². The van der Waals surface area contributed by atoms with Gasteiger partial charge in [-0.1, -0.05) is 6.92 Å². The Morgan fingerprint density at radius 2 is 1.67 bits per heavy atom. The normalized spacial score (nSPS) is 13.3. The lowest BCUT2D eigenvalue weighted by molar-refractivity contribution is -0.152. The average molecular weight is 278 g/mol. The lowest BCUT2D eigenvalue weighted by atomic mass is 10.0. The molecule has 0 heterocycles. The maximum Gasteiger partial charge on any atom is 0.367 e. The van der Waals surface area contributed by atoms with Crippen LogP contribution in [0.4, 0.5) is 4.79 Å². The molecule has 0 aliphatic rings. The van der Waals surface area contributed by atoms with Gasteiger partial charge in [-0.25, -0.2) is 4.79 Å². The molecule has 0 N–H and O–H groups in total. The molecule has 0 aromatic carbocycles. The smallest absolute Gasteiger partial charge is 0.367 e. The zero-order chi connectivity index (χ0) is 14.1. The third-order valence-corrected chi connectivity index (χ3v) is 3.35. The third kappa shape index (κ3) is 4.95. The monoisotopic (exact) mass is 278 g/mol. The van der Waals surface area contributed by atoms with E-state index < -0.39 is 28.4 Å². The summed E-state index contributed by atoms with van der Waals surface area (Å²) in [6.07, 6.45) is 0.361. The maximum absolute atomic E-state index is 11.8. The summed E-state index contributed by atoms with van der Waals surface area (Å²) in [5, 5.41) is -1.59. The minimum Gasteiger partial charge on any atom is -0.469 e. The molecule has 0 aromatic heterocycles. The molecule has 7 heteroatoms. The van der Waals surface area contributed by atoms with Gasteiger partial charge in [0, 0.05) is 0 Å². The van der Waals surface area contributed by atoms with Gasteiger partial charge in [0.15, 0.2) is 0 Å². The molecule has 6 nitrogen and oxygen atoms in total. The summed E-state index contributed by atoms with van der Waals surface area (Å²) >= 11 is 0.633. The largest absolute Gasteiger partial charge is 0.469 e. The van der Waals surface area contributed by atoms with Crippen LogP contribution < -0.4 is 0 Å². The predicted molar refractivity (Wildman–Crippen MR) is 66.2 cm³/mol. The van der Waals surface area contributed by atoms with Gasteiger partial charge < -0.3 is 14.2 Å². The van der Waals surface area contributed by atoms with Gasteiger partial charge in [-0.3, -0.25) is 9.59 Å². The van der Waals surface area contributed by atoms with Gasteiger partial charge in [-0.15, -0.1) is 0 Å². The highest BCUT2D eigenvalue weighted by Crippen LogP contribution is 2.26. The predicted octanol–water partition coefficient (Wildman–Crippen LogP) is 1.62. The van der Waals surface area contributed by atoms with Crippen LogP contribution in [0.15, 0.2) is 0 Å². The first kappa shape index (κ1) is 16.8. The van der Waals surface area contributed by atoms with Crippen molar-refractivity contribution in [3.8, 4) is 0 Å². The number of esters is 2. The van der Waals surface area contributed by atoms with Crippen molar-refractivity contribution in [2.24, 2.45) is 5.92 Å². The average Bonchev–Trinajstić information content (AvgIpc) is 2.37. The van der Waals surface area contributed by atoms with E-state index in [1.54, 1.807) is 13.8 Å². The van der Waals surface area contributed by atoms with Gasteiger partial charge in [0.1, 0.15) is 5.25 Å². The minimum atomic E-state index is -0.949. The van der Waals surface area contributed by atoms with Crippen molar-refractivity contribution in [3.63, 3.8) is 0 Å². The number of hydrogen-bond acceptors (Lipinski definition) is 7. The van der Waals surface area contributed by atoms with Gasteiger partial charge in [0.05, 0.1) is 26.7 Å². The molecule has 0 radical (unpaired) electrons. The lowest BCUT2D eigenvalue weighted by Gasteiger charge is -2.20. The minimum absolute atomic E-state index is 0.175. The molecular formula is C11H18O6S. The summed E-state index contributed by atoms with van der Waals surface area (Å²) in [5.74, 6) is -1.91. The van der Waals surface area contributed by atoms with Gasteiger partial charge in [-0.05, 0) is 25.1 Å². The molecule has 0 amide bonds. The Hall–Kier alpha value is -1.24. The van der Waals surface area contributed by atoms with Crippen molar-refractivity contribution < 1.29 is 28.6 Å². The van der Waals surface area contributed by atoms with Crippen molar-refractivity contribution in [1.82, 2.24) is 0 Å². The number of hydrogen-bond donors (Lipinski definition) is 0. The molecule has 0 aliphatic carbocycles. The van der Waals surface area contributed by atoms with E-state index in [-0.39, 0.29) is 6.61 Å². The molecular weight excluding hydrogens is 260 g/mol. The van der Waals surface area contributed by atoms with Crippen LogP contribution in [0.5, 0.6) is 0 Å². The highest BCUT2D eigenvalue weighted by Gasteiger charge is 2.37. The Morgan fingerprint density at radius 1 is 1.06 bits per heavy atom. The number of ether oxygens (including phenoxy) is 3. The molecule has 0 saturated heterocycles. The van der Waals surface area contributed by atoms with E-state index >= 15 is 0 Å². The Balaban J connectivity index is 4.97. The molecule has 0 fully saturated rings. The summed E-state index contributed by atoms with van der Waals surface area (Å²) in [5.41, 5.74) is 0. The second-order valence-corrected chi connectivity index (χ2v) is 4.36. The van der Waals surface area contributed by atoms with E-state index in [4.69, 9.17) is 4.74 Å². The van der Waals surface area contributed by atoms with Crippen LogP contribution in [0.2, 0.25) is 0 Å². The summed E-state index contributed by atoms with van der Waals surface area (Å²) in [6.45, 7) is 3.55. The molecule has 0 spiro atoms. The van der Waals surface area contributed by atoms with Crippen molar-refractivity contribution in [1.29, 1.82) is 0 Å². The molecule has 0 aliphatic heterocycles. The highest BCUT2D eigenvalue weighted by atomic mass is 32.2. The van der Waals surface area contributed by atoms with Crippen molar-refractivity contribution >= 4 is 29.0 Å². The SMILES string of the molecule is CCOC(=O)[C@H](SC(=O)OC)[C@H](CC)C(=O)OC. The fourth-order valence-electron chi connectivity index (χ4n) is 1.33. The number of methoxy groups -OCH3 is 2. The fourth-order valence-corrected chi connectivity index (χ4v) is 2.26. The number of rotatable bonds is 6. The third-order valence-electron chi connectivity index (χ3n) is 2.22. The van der Waals surface area contributed by atoms with Gasteiger partial charge in [0.2, 0.25) is 0 Å². The second kappa shape index (κ2) is 8.79. The zero-order valence-electron chi connectivity index (χ0n) is 10.9. The first-order valence-corrected chi connectivity index (χ1v) is 6.38. The molecule has 2 atom stereocenters. The summed E-state index contributed by atoms with van der Waals surface area (Å²) < 4.78 is 13.9. The zero-order valence-corrected chi connectivity index (χ0v) is 11.7. The molecule has 0 bridgehead atoms. The summed E-state index contributed by atoms with van der Waals surface area (Å²) in [6, 6.07) is 0. The van der Waals surface area contributed by atoms with E-state index in [9.17, 15) is 14.4 Å². The molecule has 0 aromatic rings. The van der Waals surface area contributed by atoms with E-state index in [0.717, 1.165) is 0 Å². The van der Waals surface area contributed by atoms with Gasteiger partial charge >= 0.3 is 17.2 Å². The number of carbonyl (C=O) groups excluding carboxylic acids is 3. The quantitative estimate of drug-likeness (QED) is 0.539. The fraction of sp³-hybridized carbons (Fsp3) is 0.727. The van der Waals surface area contributed by atoms with Crippen LogP contribution in [-0.2, 0) is 23.8 Å². The first-order chi connectivity index (χ1) is 8.51. The molecule has 0 saturated carbocycles. The maximum atomic E-state index is 11.8. The molecule has 0 rings (SSSR count). The van der Waals surface area contributed by atoms with Gasteiger partial charge in [-0.2, -0.15) is 0 Å². The van der Waals surface area contributed by atoms with Crippen molar-refractivity contribution in [2.45, 2.75) is 25.5 Å². The molecule has 0 unspecified atom stereocenters. The van der Waals surface area contributed by atoms with Crippen LogP contribution >= 0.6 is 11.8 Å². The topological polar surface area (TPSA) is 78.9 Å². The standard InChI is InChI=1S/C11H18O6S/c1-5-7(9(12)15-3)8(10(13)17-6-2)18-11(14)16-4/h7-8H,5-6H2,1-4H3/t7-,8+/m0/s1.